The van der Waals surface area contributed by atoms with Gasteiger partial charge in [-0.25, -0.2) is 0 Å². The quantitative estimate of drug-likeness (QED) is 0.421. The third kappa shape index (κ3) is 3.92. The largest absolute Gasteiger partial charge is 0.394 e. The summed E-state index contributed by atoms with van der Waals surface area (Å²) in [5, 5.41) is 15.7. The van der Waals surface area contributed by atoms with E-state index >= 15 is 0 Å². The van der Waals surface area contributed by atoms with Crippen molar-refractivity contribution in [2.45, 2.75) is 6.10 Å². The summed E-state index contributed by atoms with van der Waals surface area (Å²) in [7, 11) is 0. The Morgan fingerprint density at radius 1 is 1.80 bits per heavy atom. The van der Waals surface area contributed by atoms with E-state index in [9.17, 15) is 0 Å². The zero-order chi connectivity index (χ0) is 4.28. The molecule has 0 aromatic heterocycles. The molecule has 5 heavy (non-hydrogen) atoms. The Kier molecular flexibility index (Phi) is 2.14. The molecule has 0 fully saturated rings. The Morgan fingerprint density at radius 2 is 2.00 bits per heavy atom. The van der Waals surface area contributed by atoms with Crippen molar-refractivity contribution in [3.8, 4) is 0 Å². The van der Waals surface area contributed by atoms with Gasteiger partial charge in [0, 0.05) is 0 Å². The lowest BCUT2D eigenvalue weighted by atomic mass is 10.5. The third-order valence-corrected chi connectivity index (χ3v) is 0.187. The van der Waals surface area contributed by atoms with Gasteiger partial charge in [-0.2, -0.15) is 0 Å². The first-order chi connectivity index (χ1) is 2.27. The molecule has 0 unspecified atom stereocenters. The van der Waals surface area contributed by atoms with E-state index < -0.39 is 6.10 Å². The van der Waals surface area contributed by atoms with Crippen LogP contribution in [0.1, 0.15) is 0 Å². The minimum Gasteiger partial charge on any atom is -0.394 e. The van der Waals surface area contributed by atoms with Crippen molar-refractivity contribution >= 4 is 0 Å². The summed E-state index contributed by atoms with van der Waals surface area (Å²) in [4.78, 5) is 0. The van der Waals surface area contributed by atoms with Crippen LogP contribution in [-0.2, 0) is 0 Å². The number of rotatable bonds is 1. The van der Waals surface area contributed by atoms with Crippen molar-refractivity contribution in [3.05, 3.63) is 6.92 Å². The Hall–Kier alpha value is -0.0800. The molecule has 0 aromatic rings. The van der Waals surface area contributed by atoms with Crippen LogP contribution < -0.4 is 0 Å². The van der Waals surface area contributed by atoms with Gasteiger partial charge in [0.2, 0.25) is 0 Å². The molecule has 0 aromatic carbocycles. The molecule has 2 nitrogen and oxygen atoms in total. The lowest BCUT2D eigenvalue weighted by molar-refractivity contribution is 0.129. The molecule has 0 bridgehead atoms. The molecule has 30 valence electrons. The van der Waals surface area contributed by atoms with Gasteiger partial charge in [-0.3, -0.25) is 0 Å². The fourth-order valence-corrected chi connectivity index (χ4v) is 0. The topological polar surface area (TPSA) is 40.5 Å². The lowest BCUT2D eigenvalue weighted by Crippen LogP contribution is -2.04. The van der Waals surface area contributed by atoms with Crippen LogP contribution in [-0.4, -0.2) is 22.9 Å². The maximum Gasteiger partial charge on any atom is 0.0806 e. The lowest BCUT2D eigenvalue weighted by Gasteiger charge is -1.89. The van der Waals surface area contributed by atoms with Gasteiger partial charge in [-0.1, -0.05) is 0 Å². The normalized spacial score (nSPS) is 15.0. The first-order valence-corrected chi connectivity index (χ1v) is 1.32. The second-order valence-corrected chi connectivity index (χ2v) is 0.750. The molecule has 0 saturated carbocycles. The molecule has 0 heterocycles. The molecule has 0 spiro atoms. The van der Waals surface area contributed by atoms with E-state index in [4.69, 9.17) is 10.2 Å². The van der Waals surface area contributed by atoms with Crippen molar-refractivity contribution < 1.29 is 10.2 Å². The Bertz CT molecular complexity index is 18.9. The average Bonchev–Trinajstić information content (AvgIpc) is 1.38. The van der Waals surface area contributed by atoms with E-state index in [1.807, 2.05) is 0 Å². The van der Waals surface area contributed by atoms with Crippen LogP contribution in [0.4, 0.5) is 0 Å². The summed E-state index contributed by atoms with van der Waals surface area (Å²) in [5.74, 6) is 0. The molecule has 0 saturated heterocycles. The highest BCUT2D eigenvalue weighted by Crippen LogP contribution is 1.67. The van der Waals surface area contributed by atoms with Gasteiger partial charge in [0.25, 0.3) is 0 Å². The third-order valence-electron chi connectivity index (χ3n) is 0.187. The van der Waals surface area contributed by atoms with Gasteiger partial charge in [0.15, 0.2) is 0 Å². The van der Waals surface area contributed by atoms with Crippen molar-refractivity contribution in [2.24, 2.45) is 0 Å². The van der Waals surface area contributed by atoms with E-state index in [2.05, 4.69) is 6.92 Å². The van der Waals surface area contributed by atoms with Crippen molar-refractivity contribution in [3.63, 3.8) is 0 Å². The molecular weight excluding hydrogens is 68.0 g/mol. The number of aliphatic hydroxyl groups is 2. The molecule has 0 amide bonds. The summed E-state index contributed by atoms with van der Waals surface area (Å²) in [6.07, 6.45) is -1.06. The van der Waals surface area contributed by atoms with E-state index in [1.54, 1.807) is 0 Å². The highest BCUT2D eigenvalue weighted by Gasteiger charge is 1.84. The second-order valence-electron chi connectivity index (χ2n) is 0.750. The maximum atomic E-state index is 7.89. The highest BCUT2D eigenvalue weighted by molar-refractivity contribution is 4.49. The van der Waals surface area contributed by atoms with Gasteiger partial charge in [-0.15, -0.1) is 0 Å². The van der Waals surface area contributed by atoms with Gasteiger partial charge < -0.3 is 10.2 Å². The monoisotopic (exact) mass is 74.0 g/mol. The molecular formula is C3H6O2. The number of hydrogen-bond donors (Lipinski definition) is 2. The van der Waals surface area contributed by atoms with Gasteiger partial charge >= 0.3 is 0 Å². The Morgan fingerprint density at radius 3 is 2.00 bits per heavy atom. The van der Waals surface area contributed by atoms with E-state index in [-0.39, 0.29) is 6.61 Å². The minimum atomic E-state index is -1.06. The molecule has 0 aliphatic carbocycles. The standard InChI is InChI=1S/C3H6O2/c1-3(5)2-4/h1,3-5H,2H2/t3-/m0/s1. The van der Waals surface area contributed by atoms with Crippen LogP contribution in [0.2, 0.25) is 0 Å². The zero-order valence-electron chi connectivity index (χ0n) is 2.76. The molecule has 2 N–H and O–H groups in total. The fourth-order valence-electron chi connectivity index (χ4n) is 0. The molecule has 0 aliphatic heterocycles. The first kappa shape index (κ1) is 4.92. The minimum absolute atomic E-state index is 0.361. The highest BCUT2D eigenvalue weighted by atomic mass is 16.3. The number of aliphatic hydroxyl groups excluding tert-OH is 2. The molecule has 2 radical (unpaired) electrons. The summed E-state index contributed by atoms with van der Waals surface area (Å²) in [6, 6.07) is 0. The summed E-state index contributed by atoms with van der Waals surface area (Å²) < 4.78 is 0. The second kappa shape index (κ2) is 2.18. The molecule has 1 atom stereocenters. The SMILES string of the molecule is [CH][C@H](O)CO. The molecule has 2 heteroatoms. The molecule has 0 rings (SSSR count). The first-order valence-electron chi connectivity index (χ1n) is 1.32. The zero-order valence-corrected chi connectivity index (χ0v) is 2.76. The summed E-state index contributed by atoms with van der Waals surface area (Å²) >= 11 is 0. The Labute approximate surface area is 31.1 Å². The van der Waals surface area contributed by atoms with E-state index in [0.29, 0.717) is 0 Å². The van der Waals surface area contributed by atoms with Crippen LogP contribution in [0.3, 0.4) is 0 Å². The van der Waals surface area contributed by atoms with E-state index in [1.165, 1.54) is 0 Å². The fraction of sp³-hybridized carbons (Fsp3) is 0.667. The predicted octanol–water partition coefficient (Wildman–Crippen LogP) is -0.949. The van der Waals surface area contributed by atoms with Gasteiger partial charge in [0.05, 0.1) is 12.7 Å². The van der Waals surface area contributed by atoms with Gasteiger partial charge in [-0.05, 0) is 6.92 Å². The van der Waals surface area contributed by atoms with Crippen molar-refractivity contribution in [1.82, 2.24) is 0 Å². The van der Waals surface area contributed by atoms with Gasteiger partial charge in [0.1, 0.15) is 0 Å². The van der Waals surface area contributed by atoms with Crippen LogP contribution in [0.5, 0.6) is 0 Å². The van der Waals surface area contributed by atoms with Crippen LogP contribution in [0.15, 0.2) is 0 Å². The van der Waals surface area contributed by atoms with Crippen LogP contribution >= 0.6 is 0 Å². The maximum absolute atomic E-state index is 7.89. The summed E-state index contributed by atoms with van der Waals surface area (Å²) in [5.41, 5.74) is 0. The summed E-state index contributed by atoms with van der Waals surface area (Å²) in [6.45, 7) is 4.24. The average molecular weight is 74.1 g/mol. The van der Waals surface area contributed by atoms with Crippen LogP contribution in [0, 0.1) is 6.92 Å². The van der Waals surface area contributed by atoms with Crippen molar-refractivity contribution in [1.29, 1.82) is 0 Å². The smallest absolute Gasteiger partial charge is 0.0806 e. The van der Waals surface area contributed by atoms with E-state index in [0.717, 1.165) is 0 Å². The Balaban J connectivity index is 2.54. The van der Waals surface area contributed by atoms with Crippen LogP contribution in [0.25, 0.3) is 0 Å². The number of hydrogen-bond acceptors (Lipinski definition) is 2. The molecule has 0 aliphatic rings. The van der Waals surface area contributed by atoms with Crippen molar-refractivity contribution in [2.75, 3.05) is 6.61 Å². The predicted molar refractivity (Wildman–Crippen MR) is 17.4 cm³/mol.